The highest BCUT2D eigenvalue weighted by molar-refractivity contribution is 6.34. The van der Waals surface area contributed by atoms with Crippen LogP contribution in [0, 0.1) is 13.8 Å². The number of halogens is 1. The number of carbonyl (C=O) groups excluding carboxylic acids is 2. The molecule has 2 rings (SSSR count). The molecule has 0 radical (unpaired) electrons. The molecule has 32 heavy (non-hydrogen) atoms. The van der Waals surface area contributed by atoms with Crippen molar-refractivity contribution in [2.75, 3.05) is 30.3 Å². The summed E-state index contributed by atoms with van der Waals surface area (Å²) in [6.45, 7) is 13.0. The third-order valence-electron chi connectivity index (χ3n) is 5.26. The van der Waals surface area contributed by atoms with Crippen molar-refractivity contribution in [1.82, 2.24) is 14.7 Å². The van der Waals surface area contributed by atoms with E-state index in [1.165, 1.54) is 0 Å². The summed E-state index contributed by atoms with van der Waals surface area (Å²) in [4.78, 5) is 27.4. The molecule has 1 atom stereocenters. The summed E-state index contributed by atoms with van der Waals surface area (Å²) in [6, 6.07) is 6.56. The van der Waals surface area contributed by atoms with Crippen molar-refractivity contribution in [3.63, 3.8) is 0 Å². The first-order valence-corrected chi connectivity index (χ1v) is 11.8. The van der Waals surface area contributed by atoms with Crippen molar-refractivity contribution < 1.29 is 9.59 Å². The number of rotatable bonds is 12. The summed E-state index contributed by atoms with van der Waals surface area (Å²) < 4.78 is 1.69. The van der Waals surface area contributed by atoms with E-state index >= 15 is 0 Å². The largest absolute Gasteiger partial charge is 0.326 e. The van der Waals surface area contributed by atoms with Gasteiger partial charge in [-0.15, -0.1) is 0 Å². The van der Waals surface area contributed by atoms with Crippen LogP contribution in [0.5, 0.6) is 0 Å². The van der Waals surface area contributed by atoms with Gasteiger partial charge in [0, 0.05) is 17.8 Å². The van der Waals surface area contributed by atoms with Gasteiger partial charge in [-0.3, -0.25) is 14.3 Å². The molecule has 2 aromatic rings. The molecule has 1 heterocycles. The second-order valence-corrected chi connectivity index (χ2v) is 8.63. The number of hydrogen-bond acceptors (Lipinski definition) is 4. The zero-order valence-corrected chi connectivity index (χ0v) is 20.6. The number of aromatic nitrogens is 2. The second kappa shape index (κ2) is 12.6. The van der Waals surface area contributed by atoms with E-state index in [2.05, 4.69) is 34.5 Å². The Hall–Kier alpha value is -2.38. The van der Waals surface area contributed by atoms with Gasteiger partial charge in [0.25, 0.3) is 0 Å². The van der Waals surface area contributed by atoms with E-state index < -0.39 is 6.04 Å². The topological polar surface area (TPSA) is 79.3 Å². The van der Waals surface area contributed by atoms with Gasteiger partial charge in [-0.05, 0) is 83.9 Å². The predicted molar refractivity (Wildman–Crippen MR) is 131 cm³/mol. The Bertz CT molecular complexity index is 906. The van der Waals surface area contributed by atoms with Gasteiger partial charge in [-0.2, -0.15) is 5.10 Å². The number of nitrogens with zero attached hydrogens (tertiary/aromatic N) is 3. The summed E-state index contributed by atoms with van der Waals surface area (Å²) in [7, 11) is 0. The fourth-order valence-corrected chi connectivity index (χ4v) is 3.96. The van der Waals surface area contributed by atoms with Crippen molar-refractivity contribution in [1.29, 1.82) is 0 Å². The first-order valence-electron chi connectivity index (χ1n) is 11.4. The van der Waals surface area contributed by atoms with Gasteiger partial charge in [-0.25, -0.2) is 0 Å². The molecule has 0 saturated heterocycles. The molecule has 0 fully saturated rings. The maximum absolute atomic E-state index is 12.7. The van der Waals surface area contributed by atoms with Crippen LogP contribution >= 0.6 is 11.6 Å². The van der Waals surface area contributed by atoms with E-state index in [0.29, 0.717) is 22.8 Å². The van der Waals surface area contributed by atoms with Crippen LogP contribution in [0.4, 0.5) is 11.4 Å². The minimum absolute atomic E-state index is 0.0380. The molecule has 8 heteroatoms. The van der Waals surface area contributed by atoms with Gasteiger partial charge in [0.05, 0.1) is 16.4 Å². The Morgan fingerprint density at radius 1 is 1.09 bits per heavy atom. The molecule has 0 aliphatic rings. The van der Waals surface area contributed by atoms with E-state index in [1.54, 1.807) is 29.8 Å². The smallest absolute Gasteiger partial charge is 0.248 e. The highest BCUT2D eigenvalue weighted by Crippen LogP contribution is 2.26. The van der Waals surface area contributed by atoms with Crippen molar-refractivity contribution in [2.24, 2.45) is 0 Å². The fourth-order valence-electron chi connectivity index (χ4n) is 3.74. The third-order valence-corrected chi connectivity index (χ3v) is 5.57. The number of carbonyl (C=O) groups is 2. The Kier molecular flexibility index (Phi) is 10.2. The van der Waals surface area contributed by atoms with E-state index in [1.807, 2.05) is 19.9 Å². The predicted octanol–water partition coefficient (Wildman–Crippen LogP) is 5.19. The Morgan fingerprint density at radius 2 is 1.78 bits per heavy atom. The molecule has 176 valence electrons. The summed E-state index contributed by atoms with van der Waals surface area (Å²) in [5.74, 6) is -0.248. The highest BCUT2D eigenvalue weighted by Gasteiger charge is 2.19. The lowest BCUT2D eigenvalue weighted by Crippen LogP contribution is -2.27. The molecule has 0 saturated carbocycles. The number of anilines is 2. The van der Waals surface area contributed by atoms with Gasteiger partial charge < -0.3 is 15.5 Å². The number of aryl methyl sites for hydroxylation is 2. The molecular formula is C24H36ClN5O2. The van der Waals surface area contributed by atoms with Crippen LogP contribution in [-0.4, -0.2) is 46.1 Å². The van der Waals surface area contributed by atoms with Gasteiger partial charge in [0.1, 0.15) is 6.04 Å². The molecule has 0 spiro atoms. The van der Waals surface area contributed by atoms with E-state index in [-0.39, 0.29) is 11.8 Å². The zero-order chi connectivity index (χ0) is 23.7. The van der Waals surface area contributed by atoms with E-state index in [9.17, 15) is 9.59 Å². The third kappa shape index (κ3) is 7.64. The second-order valence-electron chi connectivity index (χ2n) is 8.22. The summed E-state index contributed by atoms with van der Waals surface area (Å²) in [6.07, 6.45) is 3.51. The maximum atomic E-state index is 12.7. The normalized spacial score (nSPS) is 12.1. The van der Waals surface area contributed by atoms with Gasteiger partial charge in [-0.1, -0.05) is 25.4 Å². The first kappa shape index (κ1) is 25.9. The van der Waals surface area contributed by atoms with Crippen molar-refractivity contribution in [3.05, 3.63) is 40.7 Å². The molecule has 2 N–H and O–H groups in total. The number of benzene rings is 1. The first-order chi connectivity index (χ1) is 15.2. The molecule has 7 nitrogen and oxygen atoms in total. The molecule has 1 aromatic carbocycles. The standard InChI is InChI=1S/C24H36ClN5O2/c1-6-12-29(13-7-2)14-8-9-23(31)26-20-10-11-22(21(25)16-20)27-24(32)19(5)30-18(4)15-17(3)28-30/h10-11,15-16,19H,6-9,12-14H2,1-5H3,(H,26,31)(H,27,32). The van der Waals surface area contributed by atoms with Crippen molar-refractivity contribution in [3.8, 4) is 0 Å². The molecule has 0 bridgehead atoms. The van der Waals surface area contributed by atoms with Crippen LogP contribution in [-0.2, 0) is 9.59 Å². The van der Waals surface area contributed by atoms with Crippen molar-refractivity contribution >= 4 is 34.8 Å². The maximum Gasteiger partial charge on any atom is 0.248 e. The van der Waals surface area contributed by atoms with Crippen LogP contribution in [0.2, 0.25) is 5.02 Å². The monoisotopic (exact) mass is 461 g/mol. The number of amides is 2. The molecule has 0 aliphatic carbocycles. The Morgan fingerprint density at radius 3 is 2.34 bits per heavy atom. The van der Waals surface area contributed by atoms with Gasteiger partial charge in [0.2, 0.25) is 11.8 Å². The lowest BCUT2D eigenvalue weighted by atomic mass is 10.2. The quantitative estimate of drug-likeness (QED) is 0.455. The lowest BCUT2D eigenvalue weighted by molar-refractivity contribution is -0.119. The summed E-state index contributed by atoms with van der Waals surface area (Å²) in [5.41, 5.74) is 2.90. The van der Waals surface area contributed by atoms with Gasteiger partial charge in [0.15, 0.2) is 0 Å². The van der Waals surface area contributed by atoms with E-state index in [0.717, 1.165) is 50.3 Å². The zero-order valence-electron chi connectivity index (χ0n) is 19.9. The average Bonchev–Trinajstić information content (AvgIpc) is 3.07. The molecule has 1 unspecified atom stereocenters. The molecular weight excluding hydrogens is 426 g/mol. The molecule has 1 aromatic heterocycles. The number of hydrogen-bond donors (Lipinski definition) is 2. The molecule has 2 amide bonds. The minimum Gasteiger partial charge on any atom is -0.326 e. The van der Waals surface area contributed by atoms with Crippen LogP contribution in [0.25, 0.3) is 0 Å². The number of nitrogens with one attached hydrogen (secondary N) is 2. The SMILES string of the molecule is CCCN(CCC)CCCC(=O)Nc1ccc(NC(=O)C(C)n2nc(C)cc2C)c(Cl)c1. The Labute approximate surface area is 196 Å². The fraction of sp³-hybridized carbons (Fsp3) is 0.542. The summed E-state index contributed by atoms with van der Waals surface area (Å²) >= 11 is 6.36. The summed E-state index contributed by atoms with van der Waals surface area (Å²) in [5, 5.41) is 10.5. The van der Waals surface area contributed by atoms with Gasteiger partial charge >= 0.3 is 0 Å². The van der Waals surface area contributed by atoms with Crippen LogP contribution in [0.15, 0.2) is 24.3 Å². The Balaban J connectivity index is 1.89. The van der Waals surface area contributed by atoms with Crippen LogP contribution in [0.1, 0.15) is 63.9 Å². The van der Waals surface area contributed by atoms with Crippen molar-refractivity contribution in [2.45, 2.75) is 66.3 Å². The average molecular weight is 462 g/mol. The van der Waals surface area contributed by atoms with E-state index in [4.69, 9.17) is 11.6 Å². The van der Waals surface area contributed by atoms with Crippen LogP contribution in [0.3, 0.4) is 0 Å². The molecule has 0 aliphatic heterocycles. The minimum atomic E-state index is -0.473. The lowest BCUT2D eigenvalue weighted by Gasteiger charge is -2.20. The van der Waals surface area contributed by atoms with Crippen LogP contribution < -0.4 is 10.6 Å². The highest BCUT2D eigenvalue weighted by atomic mass is 35.5.